The molecule has 0 unspecified atom stereocenters. The van der Waals surface area contributed by atoms with Gasteiger partial charge in [-0.15, -0.1) is 5.10 Å². The molecule has 130 valence electrons. The zero-order chi connectivity index (χ0) is 18.1. The van der Waals surface area contributed by atoms with Crippen LogP contribution in [0.4, 0.5) is 0 Å². The van der Waals surface area contributed by atoms with Gasteiger partial charge in [-0.1, -0.05) is 17.3 Å². The summed E-state index contributed by atoms with van der Waals surface area (Å²) in [7, 11) is 0. The van der Waals surface area contributed by atoms with Gasteiger partial charge in [-0.3, -0.25) is 9.97 Å². The molecule has 7 heteroatoms. The van der Waals surface area contributed by atoms with Crippen LogP contribution < -0.4 is 0 Å². The third-order valence-corrected chi connectivity index (χ3v) is 4.41. The average Bonchev–Trinajstić information content (AvgIpc) is 3.11. The summed E-state index contributed by atoms with van der Waals surface area (Å²) >= 11 is 0. The van der Waals surface area contributed by atoms with Crippen molar-refractivity contribution in [2.45, 2.75) is 13.0 Å². The number of fused-ring (bicyclic) bond motifs is 2. The number of benzene rings is 1. The molecule has 1 aromatic carbocycles. The van der Waals surface area contributed by atoms with E-state index < -0.39 is 0 Å². The molecule has 0 amide bonds. The maximum atomic E-state index is 4.73. The third-order valence-electron chi connectivity index (χ3n) is 4.41. The molecule has 5 aromatic rings. The van der Waals surface area contributed by atoms with Crippen molar-refractivity contribution in [3.8, 4) is 0 Å². The maximum Gasteiger partial charge on any atom is 0.221 e. The standard InChI is InChI=1S/C20H15N7/c1-2-16-10-15(3-4-18(16)22-7-1)13-27-20-19(25-26-27)23-12-17(24-20)11-14-5-8-21-9-6-14/h1-10,12H,11,13H2. The summed E-state index contributed by atoms with van der Waals surface area (Å²) in [4.78, 5) is 17.5. The summed E-state index contributed by atoms with van der Waals surface area (Å²) in [5.74, 6) is 0. The van der Waals surface area contributed by atoms with Gasteiger partial charge in [0.1, 0.15) is 0 Å². The van der Waals surface area contributed by atoms with Crippen molar-refractivity contribution in [2.24, 2.45) is 0 Å². The lowest BCUT2D eigenvalue weighted by Crippen LogP contribution is -2.04. The Morgan fingerprint density at radius 3 is 2.74 bits per heavy atom. The van der Waals surface area contributed by atoms with Crippen LogP contribution in [0.2, 0.25) is 0 Å². The smallest absolute Gasteiger partial charge is 0.221 e. The lowest BCUT2D eigenvalue weighted by Gasteiger charge is -2.05. The molecule has 7 nitrogen and oxygen atoms in total. The fourth-order valence-electron chi connectivity index (χ4n) is 3.09. The predicted molar refractivity (Wildman–Crippen MR) is 101 cm³/mol. The van der Waals surface area contributed by atoms with Crippen molar-refractivity contribution in [3.05, 3.63) is 84.1 Å². The highest BCUT2D eigenvalue weighted by Gasteiger charge is 2.10. The number of nitrogens with zero attached hydrogens (tertiary/aromatic N) is 7. The van der Waals surface area contributed by atoms with E-state index in [0.717, 1.165) is 27.7 Å². The summed E-state index contributed by atoms with van der Waals surface area (Å²) < 4.78 is 1.79. The van der Waals surface area contributed by atoms with E-state index >= 15 is 0 Å². The van der Waals surface area contributed by atoms with Gasteiger partial charge < -0.3 is 0 Å². The molecule has 4 aromatic heterocycles. The van der Waals surface area contributed by atoms with Crippen molar-refractivity contribution in [2.75, 3.05) is 0 Å². The first kappa shape index (κ1) is 15.5. The number of hydrogen-bond donors (Lipinski definition) is 0. The molecule has 0 aliphatic rings. The highest BCUT2D eigenvalue weighted by Crippen LogP contribution is 2.16. The second kappa shape index (κ2) is 6.53. The minimum Gasteiger partial charge on any atom is -0.265 e. The summed E-state index contributed by atoms with van der Waals surface area (Å²) in [6, 6.07) is 14.1. The van der Waals surface area contributed by atoms with E-state index in [4.69, 9.17) is 4.98 Å². The first-order valence-electron chi connectivity index (χ1n) is 8.63. The first-order valence-corrected chi connectivity index (χ1v) is 8.63. The van der Waals surface area contributed by atoms with E-state index in [0.29, 0.717) is 24.3 Å². The van der Waals surface area contributed by atoms with Gasteiger partial charge in [-0.25, -0.2) is 14.6 Å². The summed E-state index contributed by atoms with van der Waals surface area (Å²) in [5.41, 5.74) is 5.34. The second-order valence-electron chi connectivity index (χ2n) is 6.32. The Bertz CT molecular complexity index is 1230. The van der Waals surface area contributed by atoms with Gasteiger partial charge in [0.2, 0.25) is 5.65 Å². The van der Waals surface area contributed by atoms with E-state index in [1.165, 1.54) is 0 Å². The van der Waals surface area contributed by atoms with E-state index in [1.807, 2.05) is 24.3 Å². The Balaban J connectivity index is 1.48. The van der Waals surface area contributed by atoms with E-state index in [9.17, 15) is 0 Å². The minimum absolute atomic E-state index is 0.552. The van der Waals surface area contributed by atoms with Crippen LogP contribution in [0.3, 0.4) is 0 Å². The van der Waals surface area contributed by atoms with Crippen LogP contribution in [-0.4, -0.2) is 34.9 Å². The molecular formula is C20H15N7. The van der Waals surface area contributed by atoms with Crippen LogP contribution in [0.5, 0.6) is 0 Å². The van der Waals surface area contributed by atoms with Crippen LogP contribution >= 0.6 is 0 Å². The highest BCUT2D eigenvalue weighted by atomic mass is 15.4. The Kier molecular flexibility index (Phi) is 3.75. The lowest BCUT2D eigenvalue weighted by atomic mass is 10.1. The fraction of sp³-hybridized carbons (Fsp3) is 0.100. The molecule has 0 N–H and O–H groups in total. The van der Waals surface area contributed by atoms with Crippen molar-refractivity contribution < 1.29 is 0 Å². The van der Waals surface area contributed by atoms with Gasteiger partial charge in [-0.05, 0) is 41.5 Å². The van der Waals surface area contributed by atoms with E-state index in [-0.39, 0.29) is 0 Å². The Labute approximate surface area is 154 Å². The summed E-state index contributed by atoms with van der Waals surface area (Å²) in [6.45, 7) is 0.578. The van der Waals surface area contributed by atoms with Gasteiger partial charge in [0.15, 0.2) is 5.65 Å². The molecule has 0 saturated carbocycles. The van der Waals surface area contributed by atoms with Crippen LogP contribution in [-0.2, 0) is 13.0 Å². The van der Waals surface area contributed by atoms with Gasteiger partial charge in [-0.2, -0.15) is 0 Å². The summed E-state index contributed by atoms with van der Waals surface area (Å²) in [5, 5.41) is 9.48. The van der Waals surface area contributed by atoms with Crippen molar-refractivity contribution in [1.82, 2.24) is 34.9 Å². The Hall–Kier alpha value is -3.74. The monoisotopic (exact) mass is 353 g/mol. The third kappa shape index (κ3) is 3.10. The van der Waals surface area contributed by atoms with Crippen molar-refractivity contribution in [1.29, 1.82) is 0 Å². The molecule has 5 rings (SSSR count). The van der Waals surface area contributed by atoms with Gasteiger partial charge in [0.05, 0.1) is 24.0 Å². The molecule has 4 heterocycles. The van der Waals surface area contributed by atoms with Crippen LogP contribution in [0.15, 0.2) is 67.3 Å². The maximum absolute atomic E-state index is 4.73. The number of rotatable bonds is 4. The molecule has 0 atom stereocenters. The van der Waals surface area contributed by atoms with Crippen LogP contribution in [0, 0.1) is 0 Å². The van der Waals surface area contributed by atoms with Gasteiger partial charge in [0.25, 0.3) is 0 Å². The largest absolute Gasteiger partial charge is 0.265 e. The zero-order valence-corrected chi connectivity index (χ0v) is 14.4. The molecule has 27 heavy (non-hydrogen) atoms. The molecule has 0 aliphatic heterocycles. The predicted octanol–water partition coefficient (Wildman–Crippen LogP) is 2.80. The topological polar surface area (TPSA) is 82.3 Å². The molecule has 0 spiro atoms. The lowest BCUT2D eigenvalue weighted by molar-refractivity contribution is 0.663. The quantitative estimate of drug-likeness (QED) is 0.494. The van der Waals surface area contributed by atoms with Crippen molar-refractivity contribution in [3.63, 3.8) is 0 Å². The van der Waals surface area contributed by atoms with E-state index in [1.54, 1.807) is 29.5 Å². The van der Waals surface area contributed by atoms with Crippen LogP contribution in [0.25, 0.3) is 22.2 Å². The number of hydrogen-bond acceptors (Lipinski definition) is 6. The zero-order valence-electron chi connectivity index (χ0n) is 14.4. The molecular weight excluding hydrogens is 338 g/mol. The van der Waals surface area contributed by atoms with Crippen LogP contribution in [0.1, 0.15) is 16.8 Å². The highest BCUT2D eigenvalue weighted by molar-refractivity contribution is 5.79. The summed E-state index contributed by atoms with van der Waals surface area (Å²) in [6.07, 6.45) is 7.80. The Morgan fingerprint density at radius 1 is 0.889 bits per heavy atom. The SMILES string of the molecule is c1cnc2ccc(Cn3nnc4ncc(Cc5ccncc5)nc43)cc2c1. The number of aromatic nitrogens is 7. The molecule has 0 radical (unpaired) electrons. The molecule has 0 saturated heterocycles. The molecule has 0 aliphatic carbocycles. The van der Waals surface area contributed by atoms with Crippen molar-refractivity contribution >= 4 is 22.2 Å². The first-order chi connectivity index (χ1) is 13.3. The Morgan fingerprint density at radius 2 is 1.81 bits per heavy atom. The number of pyridine rings is 2. The normalized spacial score (nSPS) is 11.3. The average molecular weight is 353 g/mol. The second-order valence-corrected chi connectivity index (χ2v) is 6.32. The molecule has 0 fully saturated rings. The minimum atomic E-state index is 0.552. The van der Waals surface area contributed by atoms with E-state index in [2.05, 4.69) is 43.5 Å². The fourth-order valence-corrected chi connectivity index (χ4v) is 3.09. The molecule has 0 bridgehead atoms. The van der Waals surface area contributed by atoms with Gasteiger partial charge in [0, 0.05) is 30.4 Å². The van der Waals surface area contributed by atoms with Gasteiger partial charge >= 0.3 is 0 Å².